The van der Waals surface area contributed by atoms with Crippen LogP contribution in [0.4, 0.5) is 4.79 Å². The van der Waals surface area contributed by atoms with Gasteiger partial charge in [-0.25, -0.2) is 4.79 Å². The summed E-state index contributed by atoms with van der Waals surface area (Å²) in [4.78, 5) is 31.3. The fourth-order valence-corrected chi connectivity index (χ4v) is 4.03. The number of nitrogens with zero attached hydrogens (tertiary/aromatic N) is 2. The standard InChI is InChI=1S/C20H25N3O4/c1-3-23-13-20(27-19(23)25)6-8-22(9-7-20)12-15-10-14-11-16(26-2)4-5-17(14)21-18(15)24/h4-5,10-11H,3,6-9,12-13H2,1-2H3,(H,21,24). The van der Waals surface area contributed by atoms with E-state index >= 15 is 0 Å². The van der Waals surface area contributed by atoms with E-state index in [2.05, 4.69) is 9.88 Å². The maximum atomic E-state index is 12.4. The second kappa shape index (κ2) is 6.88. The number of piperidine rings is 1. The molecule has 2 aromatic rings. The van der Waals surface area contributed by atoms with Crippen LogP contribution in [0.25, 0.3) is 10.9 Å². The third-order valence-corrected chi connectivity index (χ3v) is 5.71. The van der Waals surface area contributed by atoms with Crippen molar-refractivity contribution in [2.24, 2.45) is 0 Å². The Kier molecular flexibility index (Phi) is 4.55. The maximum absolute atomic E-state index is 12.4. The van der Waals surface area contributed by atoms with E-state index in [1.165, 1.54) is 0 Å². The first-order valence-electron chi connectivity index (χ1n) is 9.42. The van der Waals surface area contributed by atoms with Crippen molar-refractivity contribution in [2.45, 2.75) is 31.9 Å². The van der Waals surface area contributed by atoms with Gasteiger partial charge in [0.05, 0.1) is 13.7 Å². The Labute approximate surface area is 157 Å². The van der Waals surface area contributed by atoms with Crippen LogP contribution in [0.1, 0.15) is 25.3 Å². The van der Waals surface area contributed by atoms with E-state index in [0.29, 0.717) is 19.6 Å². The lowest BCUT2D eigenvalue weighted by atomic mass is 9.91. The highest BCUT2D eigenvalue weighted by molar-refractivity contribution is 5.80. The van der Waals surface area contributed by atoms with Crippen LogP contribution in [-0.2, 0) is 11.3 Å². The first-order chi connectivity index (χ1) is 13.0. The summed E-state index contributed by atoms with van der Waals surface area (Å²) in [7, 11) is 1.63. The van der Waals surface area contributed by atoms with Crippen molar-refractivity contribution in [3.8, 4) is 5.75 Å². The predicted octanol–water partition coefficient (Wildman–Crippen LogP) is 2.34. The van der Waals surface area contributed by atoms with Gasteiger partial charge in [-0.05, 0) is 31.2 Å². The van der Waals surface area contributed by atoms with Crippen LogP contribution in [0, 0.1) is 0 Å². The molecule has 2 fully saturated rings. The van der Waals surface area contributed by atoms with E-state index in [-0.39, 0.29) is 17.3 Å². The molecule has 4 rings (SSSR count). The van der Waals surface area contributed by atoms with Crippen LogP contribution in [0.3, 0.4) is 0 Å². The average molecular weight is 371 g/mol. The number of fused-ring (bicyclic) bond motifs is 1. The van der Waals surface area contributed by atoms with E-state index in [1.54, 1.807) is 12.0 Å². The fourth-order valence-electron chi connectivity index (χ4n) is 4.03. The molecule has 7 nitrogen and oxygen atoms in total. The third kappa shape index (κ3) is 3.39. The number of aromatic amines is 1. The molecule has 2 saturated heterocycles. The number of carbonyl (C=O) groups is 1. The van der Waals surface area contributed by atoms with E-state index in [1.807, 2.05) is 31.2 Å². The summed E-state index contributed by atoms with van der Waals surface area (Å²) in [5.41, 5.74) is 1.13. The summed E-state index contributed by atoms with van der Waals surface area (Å²) < 4.78 is 11.0. The molecule has 0 radical (unpaired) electrons. The zero-order chi connectivity index (χ0) is 19.0. The van der Waals surface area contributed by atoms with Gasteiger partial charge in [-0.1, -0.05) is 0 Å². The molecule has 0 bridgehead atoms. The largest absolute Gasteiger partial charge is 0.497 e. The number of H-pyrrole nitrogens is 1. The summed E-state index contributed by atoms with van der Waals surface area (Å²) >= 11 is 0. The molecule has 0 saturated carbocycles. The number of likely N-dealkylation sites (tertiary alicyclic amines) is 1. The van der Waals surface area contributed by atoms with Gasteiger partial charge in [0.15, 0.2) is 0 Å². The smallest absolute Gasteiger partial charge is 0.410 e. The van der Waals surface area contributed by atoms with Gasteiger partial charge in [0.25, 0.3) is 5.56 Å². The normalized spacial score (nSPS) is 19.6. The number of nitrogens with one attached hydrogen (secondary N) is 1. The summed E-state index contributed by atoms with van der Waals surface area (Å²) in [6, 6.07) is 7.56. The number of hydrogen-bond donors (Lipinski definition) is 1. The lowest BCUT2D eigenvalue weighted by Gasteiger charge is -2.37. The van der Waals surface area contributed by atoms with Crippen LogP contribution < -0.4 is 10.3 Å². The molecule has 2 aliphatic heterocycles. The highest BCUT2D eigenvalue weighted by atomic mass is 16.6. The average Bonchev–Trinajstić information content (AvgIpc) is 2.99. The highest BCUT2D eigenvalue weighted by Gasteiger charge is 2.46. The molecule has 1 amide bonds. The molecule has 3 heterocycles. The number of ether oxygens (including phenoxy) is 2. The molecule has 0 unspecified atom stereocenters. The number of likely N-dealkylation sites (N-methyl/N-ethyl adjacent to an activating group) is 1. The van der Waals surface area contributed by atoms with Crippen molar-refractivity contribution < 1.29 is 14.3 Å². The quantitative estimate of drug-likeness (QED) is 0.893. The van der Waals surface area contributed by atoms with E-state index < -0.39 is 0 Å². The van der Waals surface area contributed by atoms with Crippen molar-refractivity contribution in [1.29, 1.82) is 0 Å². The molecule has 1 aromatic carbocycles. The first kappa shape index (κ1) is 17.9. The number of rotatable bonds is 4. The number of aromatic nitrogens is 1. The minimum Gasteiger partial charge on any atom is -0.497 e. The number of carbonyl (C=O) groups excluding carboxylic acids is 1. The van der Waals surface area contributed by atoms with Crippen LogP contribution in [-0.4, -0.2) is 59.8 Å². The molecule has 2 aliphatic rings. The number of pyridine rings is 1. The molecule has 0 aliphatic carbocycles. The van der Waals surface area contributed by atoms with E-state index in [9.17, 15) is 9.59 Å². The number of hydrogen-bond acceptors (Lipinski definition) is 5. The van der Waals surface area contributed by atoms with Crippen LogP contribution in [0.2, 0.25) is 0 Å². The Morgan fingerprint density at radius 1 is 1.22 bits per heavy atom. The highest BCUT2D eigenvalue weighted by Crippen LogP contribution is 2.33. The van der Waals surface area contributed by atoms with Crippen LogP contribution in [0.15, 0.2) is 29.1 Å². The molecule has 144 valence electrons. The molecule has 1 N–H and O–H groups in total. The molecule has 1 aromatic heterocycles. The van der Waals surface area contributed by atoms with Gasteiger partial charge in [0.2, 0.25) is 0 Å². The Morgan fingerprint density at radius 3 is 2.67 bits per heavy atom. The van der Waals surface area contributed by atoms with Gasteiger partial charge in [-0.15, -0.1) is 0 Å². The number of methoxy groups -OCH3 is 1. The van der Waals surface area contributed by atoms with Gasteiger partial charge in [-0.3, -0.25) is 9.69 Å². The molecule has 0 atom stereocenters. The molecule has 1 spiro atoms. The van der Waals surface area contributed by atoms with Crippen molar-refractivity contribution in [2.75, 3.05) is 33.3 Å². The Bertz CT molecular complexity index is 915. The van der Waals surface area contributed by atoms with E-state index in [0.717, 1.165) is 48.1 Å². The van der Waals surface area contributed by atoms with Gasteiger partial charge in [0, 0.05) is 55.5 Å². The van der Waals surface area contributed by atoms with Crippen molar-refractivity contribution in [1.82, 2.24) is 14.8 Å². The van der Waals surface area contributed by atoms with Crippen molar-refractivity contribution in [3.63, 3.8) is 0 Å². The van der Waals surface area contributed by atoms with Gasteiger partial charge in [-0.2, -0.15) is 0 Å². The summed E-state index contributed by atoms with van der Waals surface area (Å²) in [5.74, 6) is 0.768. The topological polar surface area (TPSA) is 74.9 Å². The predicted molar refractivity (Wildman–Crippen MR) is 102 cm³/mol. The first-order valence-corrected chi connectivity index (χ1v) is 9.42. The van der Waals surface area contributed by atoms with Crippen molar-refractivity contribution in [3.05, 3.63) is 40.2 Å². The van der Waals surface area contributed by atoms with Crippen LogP contribution >= 0.6 is 0 Å². The minimum absolute atomic E-state index is 0.0580. The van der Waals surface area contributed by atoms with Gasteiger partial charge in [0.1, 0.15) is 11.4 Å². The second-order valence-corrected chi connectivity index (χ2v) is 7.42. The second-order valence-electron chi connectivity index (χ2n) is 7.42. The molecular formula is C20H25N3O4. The fraction of sp³-hybridized carbons (Fsp3) is 0.500. The molecular weight excluding hydrogens is 346 g/mol. The summed E-state index contributed by atoms with van der Waals surface area (Å²) in [6.07, 6.45) is 1.40. The Balaban J connectivity index is 1.47. The number of amides is 1. The minimum atomic E-state index is -0.354. The Morgan fingerprint density at radius 2 is 2.00 bits per heavy atom. The lowest BCUT2D eigenvalue weighted by Crippen LogP contribution is -2.46. The Hall–Kier alpha value is -2.54. The summed E-state index contributed by atoms with van der Waals surface area (Å²) in [5, 5.41) is 0.959. The SMILES string of the molecule is CCN1CC2(CCN(Cc3cc4cc(OC)ccc4[nH]c3=O)CC2)OC1=O. The molecule has 27 heavy (non-hydrogen) atoms. The van der Waals surface area contributed by atoms with Crippen LogP contribution in [0.5, 0.6) is 5.75 Å². The lowest BCUT2D eigenvalue weighted by molar-refractivity contribution is -0.00130. The monoisotopic (exact) mass is 371 g/mol. The van der Waals surface area contributed by atoms with Gasteiger partial charge < -0.3 is 19.4 Å². The number of benzene rings is 1. The van der Waals surface area contributed by atoms with E-state index in [4.69, 9.17) is 9.47 Å². The molecule has 7 heteroatoms. The maximum Gasteiger partial charge on any atom is 0.410 e. The third-order valence-electron chi connectivity index (χ3n) is 5.71. The zero-order valence-corrected chi connectivity index (χ0v) is 15.8. The summed E-state index contributed by atoms with van der Waals surface area (Å²) in [6.45, 7) is 5.52. The zero-order valence-electron chi connectivity index (χ0n) is 15.8. The van der Waals surface area contributed by atoms with Gasteiger partial charge >= 0.3 is 6.09 Å². The van der Waals surface area contributed by atoms with Crippen molar-refractivity contribution >= 4 is 17.0 Å².